The molecule has 0 atom stereocenters. The Hall–Kier alpha value is -2.01. The monoisotopic (exact) mass is 291 g/mol. The third kappa shape index (κ3) is 3.51. The van der Waals surface area contributed by atoms with Crippen molar-refractivity contribution in [2.24, 2.45) is 0 Å². The number of rotatable bonds is 5. The van der Waals surface area contributed by atoms with Crippen molar-refractivity contribution in [2.45, 2.75) is 13.5 Å². The fraction of sp³-hybridized carbons (Fsp3) is 0.267. The second kappa shape index (κ2) is 6.43. The number of amides is 1. The lowest BCUT2D eigenvalue weighted by Gasteiger charge is -2.08. The van der Waals surface area contributed by atoms with E-state index < -0.39 is 0 Å². The minimum Gasteiger partial charge on any atom is -0.497 e. The summed E-state index contributed by atoms with van der Waals surface area (Å²) in [7, 11) is 3.12. The number of hydrogen-bond donors (Lipinski definition) is 1. The predicted molar refractivity (Wildman–Crippen MR) is 79.8 cm³/mol. The number of aryl methyl sites for hydroxylation is 1. The van der Waals surface area contributed by atoms with E-state index in [-0.39, 0.29) is 5.91 Å². The number of carbonyl (C=O) groups excluding carboxylic acids is 1. The van der Waals surface area contributed by atoms with Gasteiger partial charge in [-0.3, -0.25) is 4.79 Å². The fourth-order valence-electron chi connectivity index (χ4n) is 1.79. The van der Waals surface area contributed by atoms with Gasteiger partial charge in [0.1, 0.15) is 11.5 Å². The van der Waals surface area contributed by atoms with Gasteiger partial charge in [-0.1, -0.05) is 0 Å². The van der Waals surface area contributed by atoms with Gasteiger partial charge in [0.05, 0.1) is 20.8 Å². The van der Waals surface area contributed by atoms with Crippen LogP contribution in [0.5, 0.6) is 11.5 Å². The van der Waals surface area contributed by atoms with Gasteiger partial charge in [0, 0.05) is 21.4 Å². The van der Waals surface area contributed by atoms with Gasteiger partial charge < -0.3 is 14.8 Å². The topological polar surface area (TPSA) is 47.6 Å². The molecule has 1 amide bonds. The van der Waals surface area contributed by atoms with E-state index in [1.807, 2.05) is 19.1 Å². The number of benzene rings is 1. The quantitative estimate of drug-likeness (QED) is 0.921. The standard InChI is InChI=1S/C15H17NO3S/c1-10-4-5-14(20-10)9-16-15(17)11-6-12(18-2)8-13(7-11)19-3/h4-8H,9H2,1-3H3,(H,16,17). The van der Waals surface area contributed by atoms with Gasteiger partial charge in [0.2, 0.25) is 0 Å². The van der Waals surface area contributed by atoms with Gasteiger partial charge in [-0.05, 0) is 31.2 Å². The zero-order chi connectivity index (χ0) is 14.5. The molecule has 5 heteroatoms. The number of thiophene rings is 1. The van der Waals surface area contributed by atoms with Crippen molar-refractivity contribution >= 4 is 17.2 Å². The summed E-state index contributed by atoms with van der Waals surface area (Å²) in [5, 5.41) is 2.89. The minimum absolute atomic E-state index is 0.145. The average molecular weight is 291 g/mol. The Kier molecular flexibility index (Phi) is 4.63. The summed E-state index contributed by atoms with van der Waals surface area (Å²) in [6.07, 6.45) is 0. The number of ether oxygens (including phenoxy) is 2. The van der Waals surface area contributed by atoms with Crippen LogP contribution in [-0.2, 0) is 6.54 Å². The summed E-state index contributed by atoms with van der Waals surface area (Å²) in [6, 6.07) is 9.18. The Balaban J connectivity index is 2.08. The highest BCUT2D eigenvalue weighted by atomic mass is 32.1. The van der Waals surface area contributed by atoms with Crippen molar-refractivity contribution in [3.8, 4) is 11.5 Å². The van der Waals surface area contributed by atoms with Gasteiger partial charge in [0.15, 0.2) is 0 Å². The zero-order valence-electron chi connectivity index (χ0n) is 11.7. The summed E-state index contributed by atoms with van der Waals surface area (Å²) in [4.78, 5) is 14.5. The highest BCUT2D eigenvalue weighted by Gasteiger charge is 2.10. The highest BCUT2D eigenvalue weighted by Crippen LogP contribution is 2.22. The Morgan fingerprint density at radius 3 is 2.30 bits per heavy atom. The number of methoxy groups -OCH3 is 2. The van der Waals surface area contributed by atoms with Crippen LogP contribution in [0.3, 0.4) is 0 Å². The van der Waals surface area contributed by atoms with E-state index in [1.54, 1.807) is 43.8 Å². The van der Waals surface area contributed by atoms with Crippen molar-refractivity contribution in [1.82, 2.24) is 5.32 Å². The molecule has 0 aliphatic heterocycles. The lowest BCUT2D eigenvalue weighted by molar-refractivity contribution is 0.0950. The van der Waals surface area contributed by atoms with E-state index in [0.717, 1.165) is 4.88 Å². The molecule has 2 rings (SSSR count). The molecular formula is C15H17NO3S. The Labute approximate surface area is 122 Å². The fourth-order valence-corrected chi connectivity index (χ4v) is 2.62. The first-order valence-electron chi connectivity index (χ1n) is 6.19. The Morgan fingerprint density at radius 2 is 1.80 bits per heavy atom. The molecule has 0 radical (unpaired) electrons. The van der Waals surface area contributed by atoms with Crippen LogP contribution in [0.4, 0.5) is 0 Å². The van der Waals surface area contributed by atoms with E-state index in [0.29, 0.717) is 23.6 Å². The smallest absolute Gasteiger partial charge is 0.251 e. The SMILES string of the molecule is COc1cc(OC)cc(C(=O)NCc2ccc(C)s2)c1. The van der Waals surface area contributed by atoms with Crippen molar-refractivity contribution in [3.05, 3.63) is 45.6 Å². The van der Waals surface area contributed by atoms with Crippen LogP contribution < -0.4 is 14.8 Å². The minimum atomic E-state index is -0.145. The summed E-state index contributed by atoms with van der Waals surface area (Å²) >= 11 is 1.68. The van der Waals surface area contributed by atoms with Crippen LogP contribution in [0.15, 0.2) is 30.3 Å². The predicted octanol–water partition coefficient (Wildman–Crippen LogP) is 3.00. The lowest BCUT2D eigenvalue weighted by Crippen LogP contribution is -2.22. The third-order valence-electron chi connectivity index (χ3n) is 2.83. The molecule has 0 unspecified atom stereocenters. The van der Waals surface area contributed by atoms with Gasteiger partial charge in [-0.15, -0.1) is 11.3 Å². The molecule has 0 bridgehead atoms. The molecule has 0 aliphatic rings. The molecule has 2 aromatic rings. The molecule has 0 saturated heterocycles. The maximum absolute atomic E-state index is 12.1. The van der Waals surface area contributed by atoms with Crippen LogP contribution in [0, 0.1) is 6.92 Å². The van der Waals surface area contributed by atoms with Crippen molar-refractivity contribution in [3.63, 3.8) is 0 Å². The van der Waals surface area contributed by atoms with Crippen LogP contribution in [0.1, 0.15) is 20.1 Å². The first-order chi connectivity index (χ1) is 9.62. The summed E-state index contributed by atoms with van der Waals surface area (Å²) in [6.45, 7) is 2.57. The maximum atomic E-state index is 12.1. The normalized spacial score (nSPS) is 10.2. The average Bonchev–Trinajstić information content (AvgIpc) is 2.89. The second-order valence-electron chi connectivity index (χ2n) is 4.30. The summed E-state index contributed by atoms with van der Waals surface area (Å²) in [5.41, 5.74) is 0.523. The molecule has 0 fully saturated rings. The molecule has 0 saturated carbocycles. The van der Waals surface area contributed by atoms with Crippen LogP contribution in [0.2, 0.25) is 0 Å². The largest absolute Gasteiger partial charge is 0.497 e. The number of hydrogen-bond acceptors (Lipinski definition) is 4. The molecule has 4 nitrogen and oxygen atoms in total. The lowest BCUT2D eigenvalue weighted by atomic mass is 10.2. The first kappa shape index (κ1) is 14.4. The van der Waals surface area contributed by atoms with Gasteiger partial charge >= 0.3 is 0 Å². The summed E-state index contributed by atoms with van der Waals surface area (Å²) < 4.78 is 10.3. The molecule has 0 spiro atoms. The number of nitrogens with one attached hydrogen (secondary N) is 1. The molecular weight excluding hydrogens is 274 g/mol. The van der Waals surface area contributed by atoms with Crippen molar-refractivity contribution in [2.75, 3.05) is 14.2 Å². The molecule has 1 aromatic heterocycles. The van der Waals surface area contributed by atoms with E-state index in [4.69, 9.17) is 9.47 Å². The number of carbonyl (C=O) groups is 1. The van der Waals surface area contributed by atoms with Crippen molar-refractivity contribution in [1.29, 1.82) is 0 Å². The van der Waals surface area contributed by atoms with Crippen molar-refractivity contribution < 1.29 is 14.3 Å². The van der Waals surface area contributed by atoms with E-state index in [9.17, 15) is 4.79 Å². The Bertz CT molecular complexity index is 585. The van der Waals surface area contributed by atoms with Crippen LogP contribution in [0.25, 0.3) is 0 Å². The molecule has 1 N–H and O–H groups in total. The third-order valence-corrected chi connectivity index (χ3v) is 3.83. The van der Waals surface area contributed by atoms with E-state index in [1.165, 1.54) is 4.88 Å². The van der Waals surface area contributed by atoms with Gasteiger partial charge in [0.25, 0.3) is 5.91 Å². The van der Waals surface area contributed by atoms with Gasteiger partial charge in [-0.2, -0.15) is 0 Å². The van der Waals surface area contributed by atoms with E-state index >= 15 is 0 Å². The summed E-state index contributed by atoms with van der Waals surface area (Å²) in [5.74, 6) is 1.05. The van der Waals surface area contributed by atoms with E-state index in [2.05, 4.69) is 5.32 Å². The molecule has 106 valence electrons. The molecule has 20 heavy (non-hydrogen) atoms. The first-order valence-corrected chi connectivity index (χ1v) is 7.00. The molecule has 1 heterocycles. The van der Waals surface area contributed by atoms with Crippen LogP contribution >= 0.6 is 11.3 Å². The Morgan fingerprint density at radius 1 is 1.15 bits per heavy atom. The molecule has 0 aliphatic carbocycles. The highest BCUT2D eigenvalue weighted by molar-refractivity contribution is 7.11. The van der Waals surface area contributed by atoms with Crippen LogP contribution in [-0.4, -0.2) is 20.1 Å². The zero-order valence-corrected chi connectivity index (χ0v) is 12.5. The molecule has 1 aromatic carbocycles. The maximum Gasteiger partial charge on any atom is 0.251 e. The second-order valence-corrected chi connectivity index (χ2v) is 5.67. The van der Waals surface area contributed by atoms with Gasteiger partial charge in [-0.25, -0.2) is 0 Å².